The average Bonchev–Trinajstić information content (AvgIpc) is 2.37. The van der Waals surface area contributed by atoms with Crippen molar-refractivity contribution in [2.45, 2.75) is 6.92 Å². The Morgan fingerprint density at radius 2 is 2.40 bits per heavy atom. The van der Waals surface area contributed by atoms with Gasteiger partial charge in [-0.15, -0.1) is 0 Å². The van der Waals surface area contributed by atoms with E-state index in [9.17, 15) is 10.1 Å². The maximum absolute atomic E-state index is 10.8. The Hall–Kier alpha value is -1.37. The second-order valence-corrected chi connectivity index (χ2v) is 4.16. The third-order valence-corrected chi connectivity index (χ3v) is 2.10. The molecule has 0 aliphatic rings. The molecule has 0 aliphatic heterocycles. The predicted octanol–water partition coefficient (Wildman–Crippen LogP) is 1.96. The number of nitrogens with one attached hydrogen (secondary N) is 1. The van der Waals surface area contributed by atoms with Crippen LogP contribution in [0.1, 0.15) is 5.69 Å². The molecule has 0 aromatic carbocycles. The highest BCUT2D eigenvalue weighted by Gasteiger charge is 2.23. The molecule has 0 spiro atoms. The van der Waals surface area contributed by atoms with Gasteiger partial charge in [0, 0.05) is 18.1 Å². The zero-order chi connectivity index (χ0) is 11.6. The molecule has 15 heavy (non-hydrogen) atoms. The Morgan fingerprint density at radius 1 is 1.80 bits per heavy atom. The van der Waals surface area contributed by atoms with Gasteiger partial charge in [0.25, 0.3) is 0 Å². The van der Waals surface area contributed by atoms with Crippen LogP contribution in [0.15, 0.2) is 11.1 Å². The van der Waals surface area contributed by atoms with Gasteiger partial charge in [-0.25, -0.2) is 4.68 Å². The molecule has 0 saturated carbocycles. The van der Waals surface area contributed by atoms with E-state index in [1.165, 1.54) is 4.68 Å². The Bertz CT molecular complexity index is 413. The lowest BCUT2D eigenvalue weighted by molar-refractivity contribution is -0.384. The number of aromatic nitrogens is 2. The topological polar surface area (TPSA) is 73.0 Å². The summed E-state index contributed by atoms with van der Waals surface area (Å²) in [5, 5.41) is 17.7. The molecule has 0 bridgehead atoms. The third kappa shape index (κ3) is 2.56. The van der Waals surface area contributed by atoms with Crippen molar-refractivity contribution in [2.75, 3.05) is 11.9 Å². The van der Waals surface area contributed by atoms with Gasteiger partial charge in [-0.3, -0.25) is 10.1 Å². The maximum Gasteiger partial charge on any atom is 0.333 e. The summed E-state index contributed by atoms with van der Waals surface area (Å²) in [6.07, 6.45) is 0. The van der Waals surface area contributed by atoms with E-state index in [4.69, 9.17) is 0 Å². The Kier molecular flexibility index (Phi) is 3.46. The lowest BCUT2D eigenvalue weighted by Gasteiger charge is -2.04. The van der Waals surface area contributed by atoms with Crippen LogP contribution in [0.3, 0.4) is 0 Å². The first-order valence-corrected chi connectivity index (χ1v) is 4.98. The minimum atomic E-state index is -0.443. The molecule has 6 nitrogen and oxygen atoms in total. The number of halogens is 1. The zero-order valence-electron chi connectivity index (χ0n) is 8.45. The fraction of sp³-hybridized carbons (Fsp3) is 0.375. The first kappa shape index (κ1) is 11.7. The molecule has 1 N–H and O–H groups in total. The highest BCUT2D eigenvalue weighted by Crippen LogP contribution is 2.27. The standard InChI is InChI=1S/C8H11BrN4O2/c1-5(9)4-10-8-7(13(14)15)6(2)11-12(8)3/h10H,1,4H2,2-3H3. The molecule has 0 saturated heterocycles. The van der Waals surface area contributed by atoms with Crippen molar-refractivity contribution in [1.29, 1.82) is 0 Å². The first-order chi connectivity index (χ1) is 6.93. The Morgan fingerprint density at radius 3 is 2.87 bits per heavy atom. The molecule has 1 rings (SSSR count). The van der Waals surface area contributed by atoms with E-state index < -0.39 is 4.92 Å². The quantitative estimate of drug-likeness (QED) is 0.673. The average molecular weight is 275 g/mol. The summed E-state index contributed by atoms with van der Waals surface area (Å²) in [4.78, 5) is 10.3. The van der Waals surface area contributed by atoms with Crippen LogP contribution in [-0.2, 0) is 7.05 Å². The fourth-order valence-electron chi connectivity index (χ4n) is 1.24. The summed E-state index contributed by atoms with van der Waals surface area (Å²) in [6.45, 7) is 5.66. The summed E-state index contributed by atoms with van der Waals surface area (Å²) in [5.41, 5.74) is 0.399. The summed E-state index contributed by atoms with van der Waals surface area (Å²) >= 11 is 3.17. The van der Waals surface area contributed by atoms with Gasteiger partial charge < -0.3 is 5.32 Å². The van der Waals surface area contributed by atoms with Gasteiger partial charge in [0.05, 0.1) is 4.92 Å². The normalized spacial score (nSPS) is 10.1. The lowest BCUT2D eigenvalue weighted by Crippen LogP contribution is -2.07. The monoisotopic (exact) mass is 274 g/mol. The molecule has 1 heterocycles. The molecule has 0 fully saturated rings. The minimum Gasteiger partial charge on any atom is -0.360 e. The van der Waals surface area contributed by atoms with Crippen molar-refractivity contribution in [3.63, 3.8) is 0 Å². The van der Waals surface area contributed by atoms with E-state index in [1.54, 1.807) is 14.0 Å². The maximum atomic E-state index is 10.8. The van der Waals surface area contributed by atoms with Crippen molar-refractivity contribution < 1.29 is 4.92 Å². The molecule has 0 unspecified atom stereocenters. The van der Waals surface area contributed by atoms with Gasteiger partial charge in [0.15, 0.2) is 0 Å². The smallest absolute Gasteiger partial charge is 0.333 e. The first-order valence-electron chi connectivity index (χ1n) is 4.18. The van der Waals surface area contributed by atoms with E-state index in [-0.39, 0.29) is 5.69 Å². The summed E-state index contributed by atoms with van der Waals surface area (Å²) in [6, 6.07) is 0. The Labute approximate surface area is 95.2 Å². The summed E-state index contributed by atoms with van der Waals surface area (Å²) in [5.74, 6) is 0.387. The van der Waals surface area contributed by atoms with Gasteiger partial charge in [-0.2, -0.15) is 5.10 Å². The van der Waals surface area contributed by atoms with Crippen molar-refractivity contribution in [3.8, 4) is 0 Å². The minimum absolute atomic E-state index is 0.00579. The van der Waals surface area contributed by atoms with E-state index >= 15 is 0 Å². The second-order valence-electron chi connectivity index (χ2n) is 3.03. The summed E-state index contributed by atoms with van der Waals surface area (Å²) < 4.78 is 2.17. The van der Waals surface area contributed by atoms with Crippen LogP contribution < -0.4 is 5.32 Å². The highest BCUT2D eigenvalue weighted by atomic mass is 79.9. The van der Waals surface area contributed by atoms with Crippen molar-refractivity contribution in [1.82, 2.24) is 9.78 Å². The molecular formula is C8H11BrN4O2. The number of nitrogens with zero attached hydrogens (tertiary/aromatic N) is 3. The lowest BCUT2D eigenvalue weighted by atomic mass is 10.4. The third-order valence-electron chi connectivity index (χ3n) is 1.82. The Balaban J connectivity index is 3.04. The molecular weight excluding hydrogens is 264 g/mol. The molecule has 0 atom stereocenters. The van der Waals surface area contributed by atoms with Crippen LogP contribution in [0, 0.1) is 17.0 Å². The van der Waals surface area contributed by atoms with E-state index in [0.717, 1.165) is 4.48 Å². The van der Waals surface area contributed by atoms with Gasteiger partial charge in [-0.05, 0) is 6.92 Å². The number of hydrogen-bond donors (Lipinski definition) is 1. The largest absolute Gasteiger partial charge is 0.360 e. The predicted molar refractivity (Wildman–Crippen MR) is 61.2 cm³/mol. The number of aryl methyl sites for hydroxylation is 2. The van der Waals surface area contributed by atoms with E-state index in [2.05, 4.69) is 32.9 Å². The molecule has 82 valence electrons. The molecule has 1 aromatic rings. The van der Waals surface area contributed by atoms with E-state index in [0.29, 0.717) is 18.1 Å². The second kappa shape index (κ2) is 4.43. The van der Waals surface area contributed by atoms with Crippen molar-refractivity contribution >= 4 is 27.4 Å². The van der Waals surface area contributed by atoms with Gasteiger partial charge in [0.2, 0.25) is 5.82 Å². The van der Waals surface area contributed by atoms with Crippen LogP contribution in [0.5, 0.6) is 0 Å². The molecule has 0 amide bonds. The van der Waals surface area contributed by atoms with Gasteiger partial charge in [0.1, 0.15) is 5.69 Å². The van der Waals surface area contributed by atoms with Gasteiger partial charge >= 0.3 is 5.69 Å². The van der Waals surface area contributed by atoms with Gasteiger partial charge in [-0.1, -0.05) is 22.5 Å². The van der Waals surface area contributed by atoms with Crippen LogP contribution >= 0.6 is 15.9 Å². The number of hydrogen-bond acceptors (Lipinski definition) is 4. The van der Waals surface area contributed by atoms with Crippen LogP contribution in [0.4, 0.5) is 11.5 Å². The molecule has 7 heteroatoms. The van der Waals surface area contributed by atoms with Crippen molar-refractivity contribution in [2.24, 2.45) is 7.05 Å². The number of rotatable bonds is 4. The summed E-state index contributed by atoms with van der Waals surface area (Å²) in [7, 11) is 1.65. The van der Waals surface area contributed by atoms with E-state index in [1.807, 2.05) is 0 Å². The fourth-order valence-corrected chi connectivity index (χ4v) is 1.38. The van der Waals surface area contributed by atoms with Crippen molar-refractivity contribution in [3.05, 3.63) is 26.9 Å². The zero-order valence-corrected chi connectivity index (χ0v) is 10.0. The molecule has 0 aliphatic carbocycles. The SMILES string of the molecule is C=C(Br)CNc1c([N+](=O)[O-])c(C)nn1C. The highest BCUT2D eigenvalue weighted by molar-refractivity contribution is 9.11. The van der Waals surface area contributed by atoms with Crippen LogP contribution in [0.2, 0.25) is 0 Å². The van der Waals surface area contributed by atoms with Crippen LogP contribution in [-0.4, -0.2) is 21.2 Å². The molecule has 1 aromatic heterocycles. The number of anilines is 1. The number of nitro groups is 1. The molecule has 0 radical (unpaired) electrons. The van der Waals surface area contributed by atoms with Crippen LogP contribution in [0.25, 0.3) is 0 Å².